The van der Waals surface area contributed by atoms with Gasteiger partial charge in [0.2, 0.25) is 0 Å². The highest BCUT2D eigenvalue weighted by Gasteiger charge is 2.25. The Labute approximate surface area is 195 Å². The molecule has 2 amide bonds. The second-order valence-electron chi connectivity index (χ2n) is 8.05. The van der Waals surface area contributed by atoms with Gasteiger partial charge in [-0.2, -0.15) is 0 Å². The van der Waals surface area contributed by atoms with Gasteiger partial charge in [-0.3, -0.25) is 9.59 Å². The normalized spacial score (nSPS) is 14.2. The molecule has 0 spiro atoms. The van der Waals surface area contributed by atoms with Gasteiger partial charge in [0.25, 0.3) is 11.8 Å². The number of piperidine rings is 1. The summed E-state index contributed by atoms with van der Waals surface area (Å²) in [5.41, 5.74) is 2.49. The number of nitrogens with zero attached hydrogens (tertiary/aromatic N) is 1. The zero-order valence-corrected chi connectivity index (χ0v) is 19.1. The van der Waals surface area contributed by atoms with Gasteiger partial charge in [0, 0.05) is 17.6 Å². The van der Waals surface area contributed by atoms with Crippen LogP contribution in [0.3, 0.4) is 0 Å². The van der Waals surface area contributed by atoms with E-state index in [0.717, 1.165) is 24.8 Å². The maximum Gasteiger partial charge on any atom is 0.256 e. The number of amides is 2. The smallest absolute Gasteiger partial charge is 0.256 e. The molecule has 6 heteroatoms. The third-order valence-electron chi connectivity index (χ3n) is 5.84. The van der Waals surface area contributed by atoms with Crippen molar-refractivity contribution >= 4 is 33.4 Å². The van der Waals surface area contributed by atoms with Crippen LogP contribution in [0.4, 0.5) is 10.1 Å². The topological polar surface area (TPSA) is 49.4 Å². The molecule has 0 radical (unpaired) electrons. The molecule has 1 fully saturated rings. The summed E-state index contributed by atoms with van der Waals surface area (Å²) >= 11 is 3.40. The van der Waals surface area contributed by atoms with Crippen LogP contribution in [0.25, 0.3) is 0 Å². The van der Waals surface area contributed by atoms with E-state index in [-0.39, 0.29) is 17.6 Å². The van der Waals surface area contributed by atoms with E-state index in [1.165, 1.54) is 6.07 Å². The molecule has 0 bridgehead atoms. The molecule has 3 aromatic rings. The van der Waals surface area contributed by atoms with Crippen molar-refractivity contribution in [2.75, 3.05) is 18.4 Å². The first kappa shape index (κ1) is 22.2. The first-order valence-electron chi connectivity index (χ1n) is 10.7. The lowest BCUT2D eigenvalue weighted by Crippen LogP contribution is -2.39. The molecule has 0 aromatic heterocycles. The summed E-state index contributed by atoms with van der Waals surface area (Å²) in [6.07, 6.45) is 2.56. The van der Waals surface area contributed by atoms with Crippen molar-refractivity contribution in [3.8, 4) is 0 Å². The van der Waals surface area contributed by atoms with Gasteiger partial charge in [-0.05, 0) is 83.1 Å². The van der Waals surface area contributed by atoms with E-state index in [2.05, 4.69) is 21.2 Å². The Bertz CT molecular complexity index is 1130. The molecule has 1 aliphatic heterocycles. The number of rotatable bonds is 5. The summed E-state index contributed by atoms with van der Waals surface area (Å²) in [5.74, 6) is -0.147. The van der Waals surface area contributed by atoms with Crippen LogP contribution in [-0.4, -0.2) is 29.8 Å². The van der Waals surface area contributed by atoms with Gasteiger partial charge in [0.05, 0.1) is 16.8 Å². The lowest BCUT2D eigenvalue weighted by Gasteiger charge is -2.32. The van der Waals surface area contributed by atoms with Gasteiger partial charge < -0.3 is 10.2 Å². The number of likely N-dealkylation sites (tertiary alicyclic amines) is 1. The SMILES string of the molecule is O=C(Nc1ccccc1C(=O)N1CCC(Cc2cccc(F)c2)CC1)c1ccccc1Br. The average molecular weight is 495 g/mol. The molecule has 1 saturated heterocycles. The average Bonchev–Trinajstić information content (AvgIpc) is 2.80. The first-order chi connectivity index (χ1) is 15.5. The van der Waals surface area contributed by atoms with Crippen LogP contribution in [0.5, 0.6) is 0 Å². The molecule has 1 heterocycles. The highest BCUT2D eigenvalue weighted by Crippen LogP contribution is 2.26. The molecular formula is C26H24BrFN2O2. The van der Waals surface area contributed by atoms with Crippen molar-refractivity contribution in [3.63, 3.8) is 0 Å². The Kier molecular flexibility index (Phi) is 7.00. The maximum atomic E-state index is 13.5. The molecule has 3 aromatic carbocycles. The summed E-state index contributed by atoms with van der Waals surface area (Å²) in [7, 11) is 0. The number of nitrogens with one attached hydrogen (secondary N) is 1. The van der Waals surface area contributed by atoms with E-state index in [0.29, 0.717) is 40.3 Å². The number of halogens is 2. The van der Waals surface area contributed by atoms with E-state index in [4.69, 9.17) is 0 Å². The second kappa shape index (κ2) is 10.1. The third-order valence-corrected chi connectivity index (χ3v) is 6.53. The standard InChI is InChI=1S/C26H24BrFN2O2/c27-23-10-3-1-8-21(23)25(31)29-24-11-4-2-9-22(24)26(32)30-14-12-18(13-15-30)16-19-6-5-7-20(28)17-19/h1-11,17-18H,12-16H2,(H,29,31). The highest BCUT2D eigenvalue weighted by atomic mass is 79.9. The molecule has 1 aliphatic rings. The molecule has 0 aliphatic carbocycles. The van der Waals surface area contributed by atoms with E-state index in [1.54, 1.807) is 54.6 Å². The lowest BCUT2D eigenvalue weighted by molar-refractivity contribution is 0.0691. The largest absolute Gasteiger partial charge is 0.339 e. The van der Waals surface area contributed by atoms with Crippen LogP contribution >= 0.6 is 15.9 Å². The minimum absolute atomic E-state index is 0.0859. The zero-order valence-electron chi connectivity index (χ0n) is 17.6. The van der Waals surface area contributed by atoms with Crippen molar-refractivity contribution in [3.05, 3.63) is 99.8 Å². The quantitative estimate of drug-likeness (QED) is 0.477. The van der Waals surface area contributed by atoms with E-state index < -0.39 is 0 Å². The van der Waals surface area contributed by atoms with Crippen LogP contribution < -0.4 is 5.32 Å². The predicted molar refractivity (Wildman–Crippen MR) is 127 cm³/mol. The number of hydrogen-bond donors (Lipinski definition) is 1. The molecule has 0 atom stereocenters. The van der Waals surface area contributed by atoms with Crippen LogP contribution in [0.15, 0.2) is 77.3 Å². The molecule has 4 nitrogen and oxygen atoms in total. The monoisotopic (exact) mass is 494 g/mol. The van der Waals surface area contributed by atoms with Crippen molar-refractivity contribution < 1.29 is 14.0 Å². The summed E-state index contributed by atoms with van der Waals surface area (Å²) in [4.78, 5) is 27.8. The van der Waals surface area contributed by atoms with Crippen molar-refractivity contribution in [2.24, 2.45) is 5.92 Å². The van der Waals surface area contributed by atoms with Gasteiger partial charge >= 0.3 is 0 Å². The molecular weight excluding hydrogens is 471 g/mol. The van der Waals surface area contributed by atoms with Gasteiger partial charge in [0.1, 0.15) is 5.82 Å². The van der Waals surface area contributed by atoms with Crippen molar-refractivity contribution in [1.29, 1.82) is 0 Å². The fourth-order valence-corrected chi connectivity index (χ4v) is 4.59. The minimum Gasteiger partial charge on any atom is -0.339 e. The van der Waals surface area contributed by atoms with E-state index in [9.17, 15) is 14.0 Å². The fraction of sp³-hybridized carbons (Fsp3) is 0.231. The van der Waals surface area contributed by atoms with Gasteiger partial charge in [-0.15, -0.1) is 0 Å². The molecule has 0 saturated carbocycles. The molecule has 164 valence electrons. The number of carbonyl (C=O) groups excluding carboxylic acids is 2. The minimum atomic E-state index is -0.272. The van der Waals surface area contributed by atoms with Crippen LogP contribution in [0.1, 0.15) is 39.1 Å². The maximum absolute atomic E-state index is 13.5. The number of para-hydroxylation sites is 1. The Balaban J connectivity index is 1.41. The Morgan fingerprint density at radius 2 is 1.62 bits per heavy atom. The summed E-state index contributed by atoms with van der Waals surface area (Å²) < 4.78 is 14.1. The van der Waals surface area contributed by atoms with Gasteiger partial charge in [0.15, 0.2) is 0 Å². The Morgan fingerprint density at radius 1 is 0.938 bits per heavy atom. The second-order valence-corrected chi connectivity index (χ2v) is 8.90. The summed E-state index contributed by atoms with van der Waals surface area (Å²) in [6, 6.07) is 21.0. The number of benzene rings is 3. The van der Waals surface area contributed by atoms with Crippen molar-refractivity contribution in [1.82, 2.24) is 4.90 Å². The predicted octanol–water partition coefficient (Wildman–Crippen LogP) is 5.94. The molecule has 4 rings (SSSR count). The highest BCUT2D eigenvalue weighted by molar-refractivity contribution is 9.10. The van der Waals surface area contributed by atoms with E-state index >= 15 is 0 Å². The van der Waals surface area contributed by atoms with Crippen LogP contribution in [0, 0.1) is 11.7 Å². The summed E-state index contributed by atoms with van der Waals surface area (Å²) in [6.45, 7) is 1.29. The number of anilines is 1. The number of hydrogen-bond acceptors (Lipinski definition) is 2. The van der Waals surface area contributed by atoms with Crippen molar-refractivity contribution in [2.45, 2.75) is 19.3 Å². The van der Waals surface area contributed by atoms with Gasteiger partial charge in [-0.1, -0.05) is 36.4 Å². The molecule has 32 heavy (non-hydrogen) atoms. The zero-order chi connectivity index (χ0) is 22.5. The lowest BCUT2D eigenvalue weighted by atomic mass is 9.90. The molecule has 0 unspecified atom stereocenters. The Hall–Kier alpha value is -2.99. The van der Waals surface area contributed by atoms with E-state index in [1.807, 2.05) is 17.0 Å². The first-order valence-corrected chi connectivity index (χ1v) is 11.5. The Morgan fingerprint density at radius 3 is 2.34 bits per heavy atom. The summed E-state index contributed by atoms with van der Waals surface area (Å²) in [5, 5.41) is 2.88. The van der Waals surface area contributed by atoms with Crippen LogP contribution in [0.2, 0.25) is 0 Å². The number of carbonyl (C=O) groups is 2. The molecule has 1 N–H and O–H groups in total. The fourth-order valence-electron chi connectivity index (χ4n) is 4.12. The van der Waals surface area contributed by atoms with Gasteiger partial charge in [-0.25, -0.2) is 4.39 Å². The third kappa shape index (κ3) is 5.25. The van der Waals surface area contributed by atoms with Crippen LogP contribution in [-0.2, 0) is 6.42 Å².